The van der Waals surface area contributed by atoms with Gasteiger partial charge in [-0.05, 0) is 25.1 Å². The first-order valence-corrected chi connectivity index (χ1v) is 5.96. The van der Waals surface area contributed by atoms with E-state index in [2.05, 4.69) is 0 Å². The highest BCUT2D eigenvalue weighted by Gasteiger charge is 2.18. The normalized spacial score (nSPS) is 10.4. The largest absolute Gasteiger partial charge is 0.482 e. The summed E-state index contributed by atoms with van der Waals surface area (Å²) in [7, 11) is 0. The predicted molar refractivity (Wildman–Crippen MR) is 67.2 cm³/mol. The standard InChI is InChI=1S/C13H15F2NO4/c1-2-16(7-11(14)15)13(19)9-4-3-5-10(6-9)20-8-12(17)18/h3-6,11H,2,7-8H2,1H3,(H,17,18). The van der Waals surface area contributed by atoms with Crippen LogP contribution >= 0.6 is 0 Å². The van der Waals surface area contributed by atoms with E-state index in [-0.39, 0.29) is 17.9 Å². The SMILES string of the molecule is CCN(CC(F)F)C(=O)c1cccc(OCC(=O)O)c1. The molecule has 0 aromatic heterocycles. The van der Waals surface area contributed by atoms with E-state index >= 15 is 0 Å². The third-order valence-corrected chi connectivity index (χ3v) is 2.47. The second kappa shape index (κ2) is 7.42. The quantitative estimate of drug-likeness (QED) is 0.831. The van der Waals surface area contributed by atoms with Crippen LogP contribution in [0.4, 0.5) is 8.78 Å². The highest BCUT2D eigenvalue weighted by Crippen LogP contribution is 2.15. The molecule has 5 nitrogen and oxygen atoms in total. The Morgan fingerprint density at radius 1 is 1.40 bits per heavy atom. The molecule has 1 N–H and O–H groups in total. The van der Waals surface area contributed by atoms with Crippen molar-refractivity contribution in [2.24, 2.45) is 0 Å². The molecule has 0 aliphatic rings. The highest BCUT2D eigenvalue weighted by molar-refractivity contribution is 5.94. The molecular weight excluding hydrogens is 272 g/mol. The van der Waals surface area contributed by atoms with Gasteiger partial charge < -0.3 is 14.7 Å². The Kier molecular flexibility index (Phi) is 5.89. The van der Waals surface area contributed by atoms with Gasteiger partial charge in [0.05, 0.1) is 6.54 Å². The van der Waals surface area contributed by atoms with Crippen LogP contribution in [0.15, 0.2) is 24.3 Å². The number of halogens is 2. The number of carbonyl (C=O) groups is 2. The number of benzene rings is 1. The van der Waals surface area contributed by atoms with E-state index in [1.54, 1.807) is 6.92 Å². The molecule has 1 aromatic carbocycles. The van der Waals surface area contributed by atoms with Crippen molar-refractivity contribution in [3.63, 3.8) is 0 Å². The van der Waals surface area contributed by atoms with Gasteiger partial charge >= 0.3 is 5.97 Å². The second-order valence-electron chi connectivity index (χ2n) is 3.95. The Balaban J connectivity index is 2.81. The molecule has 1 aromatic rings. The van der Waals surface area contributed by atoms with E-state index in [4.69, 9.17) is 9.84 Å². The van der Waals surface area contributed by atoms with Crippen molar-refractivity contribution >= 4 is 11.9 Å². The van der Waals surface area contributed by atoms with E-state index in [0.29, 0.717) is 0 Å². The predicted octanol–water partition coefficient (Wildman–Crippen LogP) is 1.88. The van der Waals surface area contributed by atoms with Gasteiger partial charge in [0.2, 0.25) is 0 Å². The van der Waals surface area contributed by atoms with Crippen LogP contribution in [0.5, 0.6) is 5.75 Å². The van der Waals surface area contributed by atoms with Gasteiger partial charge in [-0.25, -0.2) is 13.6 Å². The molecule has 0 atom stereocenters. The average molecular weight is 287 g/mol. The number of amides is 1. The van der Waals surface area contributed by atoms with E-state index in [0.717, 1.165) is 4.90 Å². The fourth-order valence-corrected chi connectivity index (χ4v) is 1.57. The van der Waals surface area contributed by atoms with Crippen molar-refractivity contribution in [3.05, 3.63) is 29.8 Å². The molecule has 110 valence electrons. The Bertz CT molecular complexity index is 479. The van der Waals surface area contributed by atoms with E-state index in [1.807, 2.05) is 0 Å². The average Bonchev–Trinajstić information content (AvgIpc) is 2.42. The fourth-order valence-electron chi connectivity index (χ4n) is 1.57. The lowest BCUT2D eigenvalue weighted by Crippen LogP contribution is -2.34. The Hall–Kier alpha value is -2.18. The molecule has 1 amide bonds. The summed E-state index contributed by atoms with van der Waals surface area (Å²) in [6.07, 6.45) is -2.61. The van der Waals surface area contributed by atoms with Crippen molar-refractivity contribution < 1.29 is 28.2 Å². The first-order valence-electron chi connectivity index (χ1n) is 5.96. The molecule has 0 bridgehead atoms. The summed E-state index contributed by atoms with van der Waals surface area (Å²) in [5, 5.41) is 8.50. The topological polar surface area (TPSA) is 66.8 Å². The molecule has 7 heteroatoms. The smallest absolute Gasteiger partial charge is 0.341 e. The van der Waals surface area contributed by atoms with Gasteiger partial charge in [0.25, 0.3) is 12.3 Å². The van der Waals surface area contributed by atoms with Crippen molar-refractivity contribution in [2.75, 3.05) is 19.7 Å². The number of hydrogen-bond donors (Lipinski definition) is 1. The molecule has 0 saturated carbocycles. The van der Waals surface area contributed by atoms with Crippen LogP contribution in [0.25, 0.3) is 0 Å². The van der Waals surface area contributed by atoms with Crippen molar-refractivity contribution in [1.82, 2.24) is 4.90 Å². The molecule has 0 unspecified atom stereocenters. The molecule has 0 fully saturated rings. The van der Waals surface area contributed by atoms with Crippen LogP contribution in [-0.2, 0) is 4.79 Å². The van der Waals surface area contributed by atoms with Crippen LogP contribution in [0.2, 0.25) is 0 Å². The maximum Gasteiger partial charge on any atom is 0.341 e. The van der Waals surface area contributed by atoms with Gasteiger partial charge in [0, 0.05) is 12.1 Å². The summed E-state index contributed by atoms with van der Waals surface area (Å²) in [5.74, 6) is -1.49. The number of hydrogen-bond acceptors (Lipinski definition) is 3. The Labute approximate surface area is 114 Å². The van der Waals surface area contributed by atoms with E-state index in [9.17, 15) is 18.4 Å². The number of aliphatic carboxylic acids is 1. The number of alkyl halides is 2. The number of rotatable bonds is 7. The van der Waals surface area contributed by atoms with Gasteiger partial charge in [0.1, 0.15) is 5.75 Å². The van der Waals surface area contributed by atoms with Gasteiger partial charge in [-0.1, -0.05) is 6.07 Å². The van der Waals surface area contributed by atoms with E-state index in [1.165, 1.54) is 24.3 Å². The summed E-state index contributed by atoms with van der Waals surface area (Å²) in [4.78, 5) is 23.4. The zero-order valence-electron chi connectivity index (χ0n) is 10.9. The third kappa shape index (κ3) is 4.83. The number of carbonyl (C=O) groups excluding carboxylic acids is 1. The molecule has 0 radical (unpaired) electrons. The molecular formula is C13H15F2NO4. The highest BCUT2D eigenvalue weighted by atomic mass is 19.3. The van der Waals surface area contributed by atoms with Crippen LogP contribution in [-0.4, -0.2) is 48.0 Å². The lowest BCUT2D eigenvalue weighted by molar-refractivity contribution is -0.139. The summed E-state index contributed by atoms with van der Waals surface area (Å²) < 4.78 is 29.6. The molecule has 0 spiro atoms. The van der Waals surface area contributed by atoms with Gasteiger partial charge in [0.15, 0.2) is 6.61 Å². The monoisotopic (exact) mass is 287 g/mol. The zero-order valence-corrected chi connectivity index (χ0v) is 10.9. The fraction of sp³-hybridized carbons (Fsp3) is 0.385. The van der Waals surface area contributed by atoms with Crippen molar-refractivity contribution in [3.8, 4) is 5.75 Å². The number of nitrogens with zero attached hydrogens (tertiary/aromatic N) is 1. The zero-order chi connectivity index (χ0) is 15.1. The molecule has 1 rings (SSSR count). The summed E-state index contributed by atoms with van der Waals surface area (Å²) in [6.45, 7) is 0.580. The molecule has 20 heavy (non-hydrogen) atoms. The van der Waals surface area contributed by atoms with Crippen molar-refractivity contribution in [2.45, 2.75) is 13.3 Å². The van der Waals surface area contributed by atoms with Gasteiger partial charge in [-0.3, -0.25) is 4.79 Å². The Morgan fingerprint density at radius 2 is 2.10 bits per heavy atom. The first kappa shape index (κ1) is 15.9. The third-order valence-electron chi connectivity index (χ3n) is 2.47. The molecule has 0 heterocycles. The van der Waals surface area contributed by atoms with Crippen LogP contribution < -0.4 is 4.74 Å². The van der Waals surface area contributed by atoms with Crippen LogP contribution in [0.3, 0.4) is 0 Å². The van der Waals surface area contributed by atoms with E-state index < -0.39 is 31.5 Å². The first-order chi connectivity index (χ1) is 9.43. The maximum absolute atomic E-state index is 12.4. The lowest BCUT2D eigenvalue weighted by atomic mass is 10.2. The number of ether oxygens (including phenoxy) is 1. The van der Waals surface area contributed by atoms with Crippen LogP contribution in [0, 0.1) is 0 Å². The molecule has 0 aliphatic carbocycles. The second-order valence-corrected chi connectivity index (χ2v) is 3.95. The summed E-state index contributed by atoms with van der Waals surface area (Å²) >= 11 is 0. The van der Waals surface area contributed by atoms with Crippen molar-refractivity contribution in [1.29, 1.82) is 0 Å². The van der Waals surface area contributed by atoms with Gasteiger partial charge in [-0.15, -0.1) is 0 Å². The molecule has 0 aliphatic heterocycles. The summed E-state index contributed by atoms with van der Waals surface area (Å²) in [6, 6.07) is 5.78. The minimum Gasteiger partial charge on any atom is -0.482 e. The Morgan fingerprint density at radius 3 is 2.65 bits per heavy atom. The number of carboxylic acids is 1. The van der Waals surface area contributed by atoms with Gasteiger partial charge in [-0.2, -0.15) is 0 Å². The minimum atomic E-state index is -2.61. The molecule has 0 saturated heterocycles. The maximum atomic E-state index is 12.4. The number of carboxylic acid groups (broad SMARTS) is 1. The lowest BCUT2D eigenvalue weighted by Gasteiger charge is -2.20. The van der Waals surface area contributed by atoms with Crippen LogP contribution in [0.1, 0.15) is 17.3 Å². The summed E-state index contributed by atoms with van der Waals surface area (Å²) in [5.41, 5.74) is 0.176. The minimum absolute atomic E-state index is 0.156.